The Morgan fingerprint density at radius 2 is 2.17 bits per heavy atom. The van der Waals surface area contributed by atoms with Crippen LogP contribution in [0, 0.1) is 0 Å². The summed E-state index contributed by atoms with van der Waals surface area (Å²) in [5.41, 5.74) is 3.10. The molecule has 1 fully saturated rings. The van der Waals surface area contributed by atoms with Crippen LogP contribution < -0.4 is 4.90 Å². The first-order chi connectivity index (χ1) is 14.8. The summed E-state index contributed by atoms with van der Waals surface area (Å²) in [5.74, 6) is 1.00. The van der Waals surface area contributed by atoms with Gasteiger partial charge in [0.25, 0.3) is 5.91 Å². The number of amides is 1. The highest BCUT2D eigenvalue weighted by Crippen LogP contribution is 2.24. The zero-order chi connectivity index (χ0) is 20.3. The van der Waals surface area contributed by atoms with Gasteiger partial charge in [-0.05, 0) is 43.9 Å². The van der Waals surface area contributed by atoms with Crippen molar-refractivity contribution in [3.8, 4) is 0 Å². The Kier molecular flexibility index (Phi) is 5.21. The molecular weight excluding hydrogens is 378 g/mol. The molecule has 30 heavy (non-hydrogen) atoms. The molecule has 8 heteroatoms. The predicted molar refractivity (Wildman–Crippen MR) is 113 cm³/mol. The van der Waals surface area contributed by atoms with Crippen molar-refractivity contribution in [1.29, 1.82) is 0 Å². The van der Waals surface area contributed by atoms with Crippen molar-refractivity contribution in [1.82, 2.24) is 29.9 Å². The molecule has 1 amide bonds. The SMILES string of the molecule is O=C(c1ccc(N2CCc3[nH]ncc3C2)nc1)N1CCCC[C@@H]1CCn1cccn1. The number of nitrogens with one attached hydrogen (secondary N) is 1. The fourth-order valence-corrected chi connectivity index (χ4v) is 4.57. The predicted octanol–water partition coefficient (Wildman–Crippen LogP) is 2.65. The van der Waals surface area contributed by atoms with Gasteiger partial charge in [-0.1, -0.05) is 0 Å². The number of anilines is 1. The van der Waals surface area contributed by atoms with E-state index >= 15 is 0 Å². The molecule has 3 aromatic heterocycles. The van der Waals surface area contributed by atoms with Crippen molar-refractivity contribution in [2.24, 2.45) is 0 Å². The van der Waals surface area contributed by atoms with Gasteiger partial charge in [0.15, 0.2) is 0 Å². The average Bonchev–Trinajstić information content (AvgIpc) is 3.49. The molecule has 1 atom stereocenters. The lowest BCUT2D eigenvalue weighted by Gasteiger charge is -2.36. The van der Waals surface area contributed by atoms with Crippen molar-refractivity contribution < 1.29 is 4.79 Å². The molecule has 0 aromatic carbocycles. The van der Waals surface area contributed by atoms with E-state index in [1.165, 1.54) is 17.7 Å². The first-order valence-corrected chi connectivity index (χ1v) is 10.8. The number of aromatic nitrogens is 5. The number of hydrogen-bond donors (Lipinski definition) is 1. The Hall–Kier alpha value is -3.16. The Labute approximate surface area is 175 Å². The third-order valence-corrected chi connectivity index (χ3v) is 6.26. The Morgan fingerprint density at radius 1 is 1.20 bits per heavy atom. The molecule has 156 valence electrons. The van der Waals surface area contributed by atoms with E-state index in [1.807, 2.05) is 40.2 Å². The smallest absolute Gasteiger partial charge is 0.255 e. The topological polar surface area (TPSA) is 82.9 Å². The van der Waals surface area contributed by atoms with Gasteiger partial charge in [0, 0.05) is 68.5 Å². The number of rotatable bonds is 5. The molecular formula is C22H27N7O. The Morgan fingerprint density at radius 3 is 3.00 bits per heavy atom. The van der Waals surface area contributed by atoms with Crippen LogP contribution in [-0.4, -0.2) is 54.9 Å². The quantitative estimate of drug-likeness (QED) is 0.706. The number of aromatic amines is 1. The highest BCUT2D eigenvalue weighted by Gasteiger charge is 2.28. The lowest BCUT2D eigenvalue weighted by Crippen LogP contribution is -2.44. The number of piperidine rings is 1. The zero-order valence-corrected chi connectivity index (χ0v) is 17.1. The van der Waals surface area contributed by atoms with Crippen LogP contribution in [0.4, 0.5) is 5.82 Å². The van der Waals surface area contributed by atoms with Gasteiger partial charge >= 0.3 is 0 Å². The number of likely N-dealkylation sites (tertiary alicyclic amines) is 1. The van der Waals surface area contributed by atoms with E-state index in [4.69, 9.17) is 0 Å². The summed E-state index contributed by atoms with van der Waals surface area (Å²) < 4.78 is 1.94. The monoisotopic (exact) mass is 405 g/mol. The molecule has 2 aliphatic rings. The first-order valence-electron chi connectivity index (χ1n) is 10.8. The molecule has 2 aliphatic heterocycles. The molecule has 0 radical (unpaired) electrons. The molecule has 3 aromatic rings. The van der Waals surface area contributed by atoms with Crippen LogP contribution in [0.25, 0.3) is 0 Å². The maximum absolute atomic E-state index is 13.2. The van der Waals surface area contributed by atoms with Gasteiger partial charge < -0.3 is 9.80 Å². The molecule has 0 saturated carbocycles. The van der Waals surface area contributed by atoms with Gasteiger partial charge in [-0.25, -0.2) is 4.98 Å². The number of pyridine rings is 1. The number of H-pyrrole nitrogens is 1. The average molecular weight is 406 g/mol. The van der Waals surface area contributed by atoms with Crippen molar-refractivity contribution in [2.45, 2.75) is 51.2 Å². The number of nitrogens with zero attached hydrogens (tertiary/aromatic N) is 6. The Bertz CT molecular complexity index is 979. The molecule has 0 bridgehead atoms. The van der Waals surface area contributed by atoms with Crippen LogP contribution in [0.3, 0.4) is 0 Å². The second-order valence-electron chi connectivity index (χ2n) is 8.16. The maximum Gasteiger partial charge on any atom is 0.255 e. The van der Waals surface area contributed by atoms with Crippen molar-refractivity contribution >= 4 is 11.7 Å². The van der Waals surface area contributed by atoms with Crippen molar-refractivity contribution in [3.63, 3.8) is 0 Å². The van der Waals surface area contributed by atoms with E-state index in [1.54, 1.807) is 12.4 Å². The summed E-state index contributed by atoms with van der Waals surface area (Å²) in [6, 6.07) is 6.10. The minimum atomic E-state index is 0.0926. The van der Waals surface area contributed by atoms with Gasteiger partial charge in [-0.2, -0.15) is 10.2 Å². The summed E-state index contributed by atoms with van der Waals surface area (Å²) in [6.07, 6.45) is 12.6. The third-order valence-electron chi connectivity index (χ3n) is 6.26. The maximum atomic E-state index is 13.2. The minimum Gasteiger partial charge on any atom is -0.352 e. The lowest BCUT2D eigenvalue weighted by molar-refractivity contribution is 0.0593. The summed E-state index contributed by atoms with van der Waals surface area (Å²) in [7, 11) is 0. The van der Waals surface area contributed by atoms with Crippen LogP contribution in [-0.2, 0) is 19.5 Å². The molecule has 5 heterocycles. The number of hydrogen-bond acceptors (Lipinski definition) is 5. The van der Waals surface area contributed by atoms with Crippen molar-refractivity contribution in [3.05, 3.63) is 59.8 Å². The largest absolute Gasteiger partial charge is 0.352 e. The van der Waals surface area contributed by atoms with Crippen LogP contribution >= 0.6 is 0 Å². The molecule has 5 rings (SSSR count). The van der Waals surface area contributed by atoms with Gasteiger partial charge in [0.2, 0.25) is 0 Å². The van der Waals surface area contributed by atoms with Crippen LogP contribution in [0.1, 0.15) is 47.3 Å². The number of carbonyl (C=O) groups is 1. The number of carbonyl (C=O) groups excluding carboxylic acids is 1. The van der Waals surface area contributed by atoms with Crippen LogP contribution in [0.5, 0.6) is 0 Å². The van der Waals surface area contributed by atoms with E-state index in [2.05, 4.69) is 25.2 Å². The molecule has 0 aliphatic carbocycles. The summed E-state index contributed by atoms with van der Waals surface area (Å²) in [4.78, 5) is 22.1. The van der Waals surface area contributed by atoms with E-state index in [-0.39, 0.29) is 11.9 Å². The standard InChI is InChI=1S/C22H27N7O/c30-22(29-11-2-1-4-19(29)7-13-28-10-3-9-25-28)17-5-6-21(23-14-17)27-12-8-20-18(16-27)15-24-26-20/h3,5-6,9-10,14-15,19H,1-2,4,7-8,11-13,16H2,(H,24,26)/t19-/m1/s1. The van der Waals surface area contributed by atoms with Crippen LogP contribution in [0.2, 0.25) is 0 Å². The van der Waals surface area contributed by atoms with Gasteiger partial charge in [0.05, 0.1) is 11.8 Å². The first kappa shape index (κ1) is 18.8. The van der Waals surface area contributed by atoms with Gasteiger partial charge in [-0.3, -0.25) is 14.6 Å². The van der Waals surface area contributed by atoms with Gasteiger partial charge in [-0.15, -0.1) is 0 Å². The van der Waals surface area contributed by atoms with E-state index < -0.39 is 0 Å². The Balaban J connectivity index is 1.25. The van der Waals surface area contributed by atoms with Gasteiger partial charge in [0.1, 0.15) is 5.82 Å². The molecule has 0 spiro atoms. The summed E-state index contributed by atoms with van der Waals surface area (Å²) >= 11 is 0. The number of fused-ring (bicyclic) bond motifs is 1. The number of aryl methyl sites for hydroxylation is 1. The third kappa shape index (κ3) is 3.81. The second kappa shape index (κ2) is 8.30. The zero-order valence-electron chi connectivity index (χ0n) is 17.1. The summed E-state index contributed by atoms with van der Waals surface area (Å²) in [6.45, 7) is 3.36. The highest BCUT2D eigenvalue weighted by atomic mass is 16.2. The van der Waals surface area contributed by atoms with E-state index in [0.717, 1.165) is 57.7 Å². The summed E-state index contributed by atoms with van der Waals surface area (Å²) in [5, 5.41) is 11.5. The minimum absolute atomic E-state index is 0.0926. The van der Waals surface area contributed by atoms with E-state index in [0.29, 0.717) is 5.56 Å². The second-order valence-corrected chi connectivity index (χ2v) is 8.16. The highest BCUT2D eigenvalue weighted by molar-refractivity contribution is 5.94. The fraction of sp³-hybridized carbons (Fsp3) is 0.455. The molecule has 1 N–H and O–H groups in total. The molecule has 1 saturated heterocycles. The molecule has 8 nitrogen and oxygen atoms in total. The fourth-order valence-electron chi connectivity index (χ4n) is 4.57. The molecule has 0 unspecified atom stereocenters. The van der Waals surface area contributed by atoms with Crippen molar-refractivity contribution in [2.75, 3.05) is 18.0 Å². The normalized spacial score (nSPS) is 19.0. The lowest BCUT2D eigenvalue weighted by atomic mass is 9.98. The van der Waals surface area contributed by atoms with E-state index in [9.17, 15) is 4.79 Å². The van der Waals surface area contributed by atoms with Crippen LogP contribution in [0.15, 0.2) is 43.0 Å².